The van der Waals surface area contributed by atoms with Gasteiger partial charge in [0.15, 0.2) is 0 Å². The third-order valence-corrected chi connectivity index (χ3v) is 3.85. The van der Waals surface area contributed by atoms with E-state index in [4.69, 9.17) is 0 Å². The van der Waals surface area contributed by atoms with Crippen LogP contribution in [0.25, 0.3) is 11.1 Å². The van der Waals surface area contributed by atoms with Crippen molar-refractivity contribution in [2.24, 2.45) is 0 Å². The Morgan fingerprint density at radius 1 is 1.22 bits per heavy atom. The number of hydrogen-bond acceptors (Lipinski definition) is 3. The molecule has 0 aliphatic rings. The molecule has 0 radical (unpaired) electrons. The zero-order chi connectivity index (χ0) is 12.8. The molecule has 2 nitrogen and oxygen atoms in total. The number of benzene rings is 1. The van der Waals surface area contributed by atoms with Gasteiger partial charge in [-0.25, -0.2) is 0 Å². The van der Waals surface area contributed by atoms with Crippen molar-refractivity contribution >= 4 is 11.3 Å². The Balaban J connectivity index is 1.91. The fraction of sp³-hybridized carbons (Fsp3) is 0.333. The number of aliphatic hydroxyl groups is 1. The van der Waals surface area contributed by atoms with E-state index < -0.39 is 0 Å². The van der Waals surface area contributed by atoms with Crippen LogP contribution in [0.15, 0.2) is 41.8 Å². The molecule has 1 aromatic carbocycles. The molecule has 0 bridgehead atoms. The molecule has 2 aromatic rings. The number of nitrogens with one attached hydrogen (secondary N) is 1. The van der Waals surface area contributed by atoms with E-state index in [1.54, 1.807) is 11.3 Å². The third kappa shape index (κ3) is 3.67. The molecule has 1 aromatic heterocycles. The van der Waals surface area contributed by atoms with Gasteiger partial charge in [-0.05, 0) is 29.0 Å². The van der Waals surface area contributed by atoms with Gasteiger partial charge in [0.2, 0.25) is 0 Å². The summed E-state index contributed by atoms with van der Waals surface area (Å²) in [5, 5.41) is 14.9. The minimum absolute atomic E-state index is 0.237. The highest BCUT2D eigenvalue weighted by atomic mass is 32.1. The van der Waals surface area contributed by atoms with Crippen molar-refractivity contribution < 1.29 is 5.11 Å². The van der Waals surface area contributed by atoms with Crippen molar-refractivity contribution in [2.75, 3.05) is 6.54 Å². The van der Waals surface area contributed by atoms with E-state index in [0.29, 0.717) is 6.54 Å². The molecule has 0 amide bonds. The zero-order valence-electron chi connectivity index (χ0n) is 10.6. The first-order valence-corrected chi connectivity index (χ1v) is 7.19. The molecule has 0 spiro atoms. The molecular weight excluding hydrogens is 242 g/mol. The second-order valence-corrected chi connectivity index (χ2v) is 5.36. The lowest BCUT2D eigenvalue weighted by Crippen LogP contribution is -2.25. The molecule has 0 saturated carbocycles. The molecule has 1 unspecified atom stereocenters. The Morgan fingerprint density at radius 3 is 2.72 bits per heavy atom. The Hall–Kier alpha value is -1.16. The predicted molar refractivity (Wildman–Crippen MR) is 77.8 cm³/mol. The van der Waals surface area contributed by atoms with Crippen LogP contribution in [0.5, 0.6) is 0 Å². The van der Waals surface area contributed by atoms with E-state index in [1.807, 2.05) is 13.0 Å². The van der Waals surface area contributed by atoms with E-state index in [1.165, 1.54) is 16.0 Å². The standard InChI is InChI=1S/C15H19NOS/c1-2-14(17)9-16-10-15-8-13(11-18-15)12-6-4-3-5-7-12/h3-8,11,14,16-17H,2,9-10H2,1H3. The molecule has 1 atom stereocenters. The van der Waals surface area contributed by atoms with Gasteiger partial charge in [0.25, 0.3) is 0 Å². The molecule has 3 heteroatoms. The maximum atomic E-state index is 9.46. The average Bonchev–Trinajstić information content (AvgIpc) is 2.88. The molecule has 2 rings (SSSR count). The SMILES string of the molecule is CCC(O)CNCc1cc(-c2ccccc2)cs1. The molecule has 1 heterocycles. The predicted octanol–water partition coefficient (Wildman–Crippen LogP) is 3.28. The molecule has 0 saturated heterocycles. The van der Waals surface area contributed by atoms with Gasteiger partial charge >= 0.3 is 0 Å². The highest BCUT2D eigenvalue weighted by Gasteiger charge is 2.03. The minimum atomic E-state index is -0.237. The number of rotatable bonds is 6. The maximum absolute atomic E-state index is 9.46. The van der Waals surface area contributed by atoms with E-state index in [2.05, 4.69) is 41.0 Å². The van der Waals surface area contributed by atoms with Gasteiger partial charge < -0.3 is 10.4 Å². The summed E-state index contributed by atoms with van der Waals surface area (Å²) < 4.78 is 0. The first-order chi connectivity index (χ1) is 8.79. The third-order valence-electron chi connectivity index (χ3n) is 2.91. The van der Waals surface area contributed by atoms with Crippen LogP contribution in [0.3, 0.4) is 0 Å². The highest BCUT2D eigenvalue weighted by molar-refractivity contribution is 7.10. The van der Waals surface area contributed by atoms with Crippen molar-refractivity contribution in [3.05, 3.63) is 46.7 Å². The second kappa shape index (κ2) is 6.69. The molecule has 0 fully saturated rings. The van der Waals surface area contributed by atoms with Gasteiger partial charge in [0.1, 0.15) is 0 Å². The van der Waals surface area contributed by atoms with Crippen molar-refractivity contribution in [3.8, 4) is 11.1 Å². The van der Waals surface area contributed by atoms with E-state index in [0.717, 1.165) is 13.0 Å². The molecule has 0 aliphatic carbocycles. The monoisotopic (exact) mass is 261 g/mol. The molecule has 18 heavy (non-hydrogen) atoms. The molecule has 0 aliphatic heterocycles. The number of thiophene rings is 1. The van der Waals surface area contributed by atoms with Crippen LogP contribution >= 0.6 is 11.3 Å². The summed E-state index contributed by atoms with van der Waals surface area (Å²) in [6.07, 6.45) is 0.561. The van der Waals surface area contributed by atoms with Crippen LogP contribution in [0.1, 0.15) is 18.2 Å². The first kappa shape index (κ1) is 13.3. The quantitative estimate of drug-likeness (QED) is 0.836. The Morgan fingerprint density at radius 2 is 2.00 bits per heavy atom. The summed E-state index contributed by atoms with van der Waals surface area (Å²) >= 11 is 1.76. The topological polar surface area (TPSA) is 32.3 Å². The fourth-order valence-electron chi connectivity index (χ4n) is 1.76. The van der Waals surface area contributed by atoms with Crippen molar-refractivity contribution in [2.45, 2.75) is 26.0 Å². The van der Waals surface area contributed by atoms with Gasteiger partial charge in [-0.1, -0.05) is 37.3 Å². The van der Waals surface area contributed by atoms with Crippen LogP contribution in [-0.2, 0) is 6.54 Å². The average molecular weight is 261 g/mol. The Bertz CT molecular complexity index is 466. The normalized spacial score (nSPS) is 12.6. The fourth-order valence-corrected chi connectivity index (χ4v) is 2.62. The van der Waals surface area contributed by atoms with Crippen LogP contribution in [0.4, 0.5) is 0 Å². The summed E-state index contributed by atoms with van der Waals surface area (Å²) in [7, 11) is 0. The molecule has 96 valence electrons. The van der Waals surface area contributed by atoms with Gasteiger partial charge in [0, 0.05) is 18.0 Å². The lowest BCUT2D eigenvalue weighted by Gasteiger charge is -2.07. The minimum Gasteiger partial charge on any atom is -0.392 e. The van der Waals surface area contributed by atoms with Gasteiger partial charge in [-0.3, -0.25) is 0 Å². The summed E-state index contributed by atoms with van der Waals surface area (Å²) in [5.41, 5.74) is 2.53. The summed E-state index contributed by atoms with van der Waals surface area (Å²) in [6, 6.07) is 12.6. The zero-order valence-corrected chi connectivity index (χ0v) is 11.4. The van der Waals surface area contributed by atoms with Crippen LogP contribution < -0.4 is 5.32 Å². The van der Waals surface area contributed by atoms with Gasteiger partial charge in [-0.2, -0.15) is 0 Å². The lowest BCUT2D eigenvalue weighted by atomic mass is 10.1. The number of aliphatic hydroxyl groups excluding tert-OH is 1. The van der Waals surface area contributed by atoms with E-state index in [9.17, 15) is 5.11 Å². The Kier molecular flexibility index (Phi) is 4.93. The van der Waals surface area contributed by atoms with Crippen molar-refractivity contribution in [1.82, 2.24) is 5.32 Å². The molecule has 2 N–H and O–H groups in total. The number of hydrogen-bond donors (Lipinski definition) is 2. The van der Waals surface area contributed by atoms with Crippen molar-refractivity contribution in [3.63, 3.8) is 0 Å². The smallest absolute Gasteiger partial charge is 0.0662 e. The van der Waals surface area contributed by atoms with E-state index >= 15 is 0 Å². The van der Waals surface area contributed by atoms with Crippen LogP contribution in [0, 0.1) is 0 Å². The van der Waals surface area contributed by atoms with Crippen LogP contribution in [-0.4, -0.2) is 17.8 Å². The van der Waals surface area contributed by atoms with Gasteiger partial charge in [-0.15, -0.1) is 11.3 Å². The summed E-state index contributed by atoms with van der Waals surface area (Å²) in [5.74, 6) is 0. The van der Waals surface area contributed by atoms with Gasteiger partial charge in [0.05, 0.1) is 6.10 Å². The maximum Gasteiger partial charge on any atom is 0.0662 e. The molecular formula is C15H19NOS. The lowest BCUT2D eigenvalue weighted by molar-refractivity contribution is 0.167. The summed E-state index contributed by atoms with van der Waals surface area (Å²) in [6.45, 7) is 3.48. The Labute approximate surface area is 112 Å². The summed E-state index contributed by atoms with van der Waals surface area (Å²) in [4.78, 5) is 1.30. The highest BCUT2D eigenvalue weighted by Crippen LogP contribution is 2.25. The van der Waals surface area contributed by atoms with Crippen LogP contribution in [0.2, 0.25) is 0 Å². The largest absolute Gasteiger partial charge is 0.392 e. The first-order valence-electron chi connectivity index (χ1n) is 6.31. The van der Waals surface area contributed by atoms with Crippen molar-refractivity contribution in [1.29, 1.82) is 0 Å². The van der Waals surface area contributed by atoms with E-state index in [-0.39, 0.29) is 6.10 Å². The second-order valence-electron chi connectivity index (χ2n) is 4.36.